The molecule has 0 atom stereocenters. The molecule has 0 aliphatic heterocycles. The molecular formula is C19H22N4O4S3. The highest BCUT2D eigenvalue weighted by atomic mass is 32.2. The Morgan fingerprint density at radius 3 is 2.83 bits per heavy atom. The predicted molar refractivity (Wildman–Crippen MR) is 116 cm³/mol. The number of carbonyl (C=O) groups is 1. The summed E-state index contributed by atoms with van der Waals surface area (Å²) < 4.78 is 35.6. The standard InChI is InChI=1S/C19H22N4O4S3/c1-2-27-17(24)10-13-12-29-19(20-13)22-30(25,26)16-11-23(14-6-3-4-7-14)21-18(16)15-8-5-9-28-15/h5,8-9,11-12,14H,2-4,6-7,10H2,1H3,(H,20,22). The number of esters is 1. The van der Waals surface area contributed by atoms with Crippen LogP contribution in [0.1, 0.15) is 44.3 Å². The maximum absolute atomic E-state index is 13.2. The number of sulfonamides is 1. The molecular weight excluding hydrogens is 444 g/mol. The van der Waals surface area contributed by atoms with Gasteiger partial charge in [0.15, 0.2) is 5.13 Å². The number of aromatic nitrogens is 3. The van der Waals surface area contributed by atoms with Crippen molar-refractivity contribution in [1.29, 1.82) is 0 Å². The number of rotatable bonds is 8. The highest BCUT2D eigenvalue weighted by Gasteiger charge is 2.28. The molecule has 0 saturated heterocycles. The minimum atomic E-state index is -3.90. The second-order valence-corrected chi connectivity index (χ2v) is 10.4. The van der Waals surface area contributed by atoms with E-state index >= 15 is 0 Å². The third-order valence-corrected chi connectivity index (χ3v) is 8.00. The highest BCUT2D eigenvalue weighted by molar-refractivity contribution is 7.93. The molecule has 3 heterocycles. The van der Waals surface area contributed by atoms with Crippen LogP contribution in [0.15, 0.2) is 34.0 Å². The number of hydrogen-bond acceptors (Lipinski definition) is 8. The summed E-state index contributed by atoms with van der Waals surface area (Å²) in [6.07, 6.45) is 5.89. The fraction of sp³-hybridized carbons (Fsp3) is 0.421. The van der Waals surface area contributed by atoms with Crippen molar-refractivity contribution in [3.63, 3.8) is 0 Å². The lowest BCUT2D eigenvalue weighted by atomic mass is 10.3. The molecule has 1 fully saturated rings. The SMILES string of the molecule is CCOC(=O)Cc1csc(NS(=O)(=O)c2cn(C3CCCC3)nc2-c2cccs2)n1. The maximum atomic E-state index is 13.2. The smallest absolute Gasteiger partial charge is 0.311 e. The van der Waals surface area contributed by atoms with Crippen LogP contribution in [0.25, 0.3) is 10.6 Å². The van der Waals surface area contributed by atoms with Gasteiger partial charge in [-0.25, -0.2) is 13.4 Å². The number of ether oxygens (including phenoxy) is 1. The van der Waals surface area contributed by atoms with Crippen LogP contribution >= 0.6 is 22.7 Å². The van der Waals surface area contributed by atoms with Gasteiger partial charge in [-0.1, -0.05) is 18.9 Å². The first-order valence-electron chi connectivity index (χ1n) is 9.72. The van der Waals surface area contributed by atoms with Gasteiger partial charge in [-0.15, -0.1) is 22.7 Å². The van der Waals surface area contributed by atoms with Crippen molar-refractivity contribution < 1.29 is 17.9 Å². The van der Waals surface area contributed by atoms with Gasteiger partial charge in [0.25, 0.3) is 10.0 Å². The minimum absolute atomic E-state index is 0.00608. The first-order chi connectivity index (χ1) is 14.5. The predicted octanol–water partition coefficient (Wildman–Crippen LogP) is 4.09. The molecule has 0 bridgehead atoms. The number of thiophene rings is 1. The van der Waals surface area contributed by atoms with E-state index in [0.29, 0.717) is 18.0 Å². The van der Waals surface area contributed by atoms with Crippen molar-refractivity contribution in [3.8, 4) is 10.6 Å². The van der Waals surface area contributed by atoms with Gasteiger partial charge in [0.05, 0.1) is 29.6 Å². The van der Waals surface area contributed by atoms with Gasteiger partial charge in [0.2, 0.25) is 0 Å². The fourth-order valence-corrected chi connectivity index (χ4v) is 6.38. The van der Waals surface area contributed by atoms with Crippen LogP contribution in [0.2, 0.25) is 0 Å². The van der Waals surface area contributed by atoms with Crippen LogP contribution in [0.5, 0.6) is 0 Å². The fourth-order valence-electron chi connectivity index (χ4n) is 3.48. The molecule has 3 aromatic rings. The lowest BCUT2D eigenvalue weighted by molar-refractivity contribution is -0.142. The van der Waals surface area contributed by atoms with Crippen molar-refractivity contribution >= 4 is 43.8 Å². The molecule has 1 aliphatic carbocycles. The molecule has 3 aromatic heterocycles. The van der Waals surface area contributed by atoms with Crippen LogP contribution in [0.4, 0.5) is 5.13 Å². The number of carbonyl (C=O) groups excluding carboxylic acids is 1. The van der Waals surface area contributed by atoms with E-state index < -0.39 is 16.0 Å². The average molecular weight is 467 g/mol. The molecule has 11 heteroatoms. The molecule has 0 amide bonds. The Morgan fingerprint density at radius 2 is 2.13 bits per heavy atom. The monoisotopic (exact) mass is 466 g/mol. The zero-order valence-electron chi connectivity index (χ0n) is 16.4. The van der Waals surface area contributed by atoms with Crippen LogP contribution < -0.4 is 4.72 Å². The second-order valence-electron chi connectivity index (χ2n) is 6.97. The van der Waals surface area contributed by atoms with Gasteiger partial charge < -0.3 is 4.74 Å². The minimum Gasteiger partial charge on any atom is -0.466 e. The van der Waals surface area contributed by atoms with E-state index in [1.165, 1.54) is 11.3 Å². The molecule has 1 saturated carbocycles. The Labute approximate surface area is 183 Å². The third-order valence-electron chi connectivity index (χ3n) is 4.85. The summed E-state index contributed by atoms with van der Waals surface area (Å²) in [5.74, 6) is -0.393. The second kappa shape index (κ2) is 8.86. The molecule has 0 radical (unpaired) electrons. The Bertz CT molecular complexity index is 1110. The summed E-state index contributed by atoms with van der Waals surface area (Å²) in [5.41, 5.74) is 0.920. The van der Waals surface area contributed by atoms with Crippen molar-refractivity contribution in [2.75, 3.05) is 11.3 Å². The van der Waals surface area contributed by atoms with Crippen molar-refractivity contribution in [1.82, 2.24) is 14.8 Å². The molecule has 0 aromatic carbocycles. The summed E-state index contributed by atoms with van der Waals surface area (Å²) in [6.45, 7) is 2.02. The van der Waals surface area contributed by atoms with Crippen LogP contribution in [-0.4, -0.2) is 35.8 Å². The van der Waals surface area contributed by atoms with Gasteiger partial charge in [-0.3, -0.25) is 14.2 Å². The van der Waals surface area contributed by atoms with E-state index in [1.807, 2.05) is 17.5 Å². The van der Waals surface area contributed by atoms with Crippen molar-refractivity contribution in [3.05, 3.63) is 34.8 Å². The zero-order chi connectivity index (χ0) is 21.1. The Kier molecular flexibility index (Phi) is 6.21. The lowest BCUT2D eigenvalue weighted by Gasteiger charge is -2.08. The number of thiazole rings is 1. The zero-order valence-corrected chi connectivity index (χ0v) is 18.9. The first kappa shape index (κ1) is 21.0. The van der Waals surface area contributed by atoms with Gasteiger partial charge in [-0.2, -0.15) is 5.10 Å². The van der Waals surface area contributed by atoms with Crippen molar-refractivity contribution in [2.24, 2.45) is 0 Å². The van der Waals surface area contributed by atoms with Gasteiger partial charge in [0.1, 0.15) is 10.6 Å². The molecule has 160 valence electrons. The first-order valence-corrected chi connectivity index (χ1v) is 13.0. The molecule has 0 spiro atoms. The summed E-state index contributed by atoms with van der Waals surface area (Å²) in [4.78, 5) is 16.8. The van der Waals surface area contributed by atoms with E-state index in [4.69, 9.17) is 4.74 Å². The summed E-state index contributed by atoms with van der Waals surface area (Å²) in [6, 6.07) is 3.97. The molecule has 1 N–H and O–H groups in total. The van der Waals surface area contributed by atoms with Crippen molar-refractivity contribution in [2.45, 2.75) is 50.0 Å². The maximum Gasteiger partial charge on any atom is 0.311 e. The Balaban J connectivity index is 1.60. The van der Waals surface area contributed by atoms with Gasteiger partial charge in [0, 0.05) is 11.6 Å². The topological polar surface area (TPSA) is 103 Å². The van der Waals surface area contributed by atoms with Gasteiger partial charge in [-0.05, 0) is 31.2 Å². The number of anilines is 1. The highest BCUT2D eigenvalue weighted by Crippen LogP contribution is 2.35. The molecule has 30 heavy (non-hydrogen) atoms. The van der Waals surface area contributed by atoms with E-state index in [0.717, 1.165) is 41.9 Å². The largest absolute Gasteiger partial charge is 0.466 e. The summed E-state index contributed by atoms with van der Waals surface area (Å²) in [7, 11) is -3.90. The summed E-state index contributed by atoms with van der Waals surface area (Å²) >= 11 is 2.58. The molecule has 0 unspecified atom stereocenters. The van der Waals surface area contributed by atoms with E-state index in [9.17, 15) is 13.2 Å². The number of nitrogens with zero attached hydrogens (tertiary/aromatic N) is 3. The van der Waals surface area contributed by atoms with E-state index in [1.54, 1.807) is 23.2 Å². The van der Waals surface area contributed by atoms with Gasteiger partial charge >= 0.3 is 5.97 Å². The Hall–Kier alpha value is -2.24. The quantitative estimate of drug-likeness (QED) is 0.502. The molecule has 1 aliphatic rings. The normalized spacial score (nSPS) is 14.8. The number of nitrogens with one attached hydrogen (secondary N) is 1. The summed E-state index contributed by atoms with van der Waals surface area (Å²) in [5, 5.41) is 8.39. The Morgan fingerprint density at radius 1 is 1.33 bits per heavy atom. The van der Waals surface area contributed by atoms with Crippen LogP contribution in [-0.2, 0) is 26.0 Å². The molecule has 4 rings (SSSR count). The third kappa shape index (κ3) is 4.57. The van der Waals surface area contributed by atoms with Crippen LogP contribution in [0.3, 0.4) is 0 Å². The van der Waals surface area contributed by atoms with Crippen LogP contribution in [0, 0.1) is 0 Å². The number of hydrogen-bond donors (Lipinski definition) is 1. The lowest BCUT2D eigenvalue weighted by Crippen LogP contribution is -2.13. The van der Waals surface area contributed by atoms with E-state index in [2.05, 4.69) is 14.8 Å². The van der Waals surface area contributed by atoms with E-state index in [-0.39, 0.29) is 22.5 Å². The average Bonchev–Trinajstić information content (AvgIpc) is 3.47. The molecule has 8 nitrogen and oxygen atoms in total.